The van der Waals surface area contributed by atoms with Crippen LogP contribution in [-0.4, -0.2) is 24.6 Å². The van der Waals surface area contributed by atoms with Crippen LogP contribution in [0.3, 0.4) is 0 Å². The van der Waals surface area contributed by atoms with E-state index in [0.717, 1.165) is 12.8 Å². The first kappa shape index (κ1) is 9.49. The zero-order valence-electron chi connectivity index (χ0n) is 8.19. The van der Waals surface area contributed by atoms with Gasteiger partial charge in [-0.25, -0.2) is 0 Å². The quantitative estimate of drug-likeness (QED) is 0.618. The Bertz CT molecular complexity index is 261. The average molecular weight is 198 g/mol. The maximum atomic E-state index is 11.0. The van der Waals surface area contributed by atoms with Crippen molar-refractivity contribution in [2.24, 2.45) is 11.8 Å². The second kappa shape index (κ2) is 3.59. The van der Waals surface area contributed by atoms with Crippen molar-refractivity contribution in [3.8, 4) is 0 Å². The molecule has 2 aliphatic rings. The van der Waals surface area contributed by atoms with Crippen LogP contribution in [0.5, 0.6) is 0 Å². The number of ether oxygens (including phenoxy) is 2. The summed E-state index contributed by atoms with van der Waals surface area (Å²) in [5, 5.41) is 0. The van der Waals surface area contributed by atoms with Gasteiger partial charge in [-0.15, -0.1) is 0 Å². The number of hydrogen-bond acceptors (Lipinski definition) is 4. The Balaban J connectivity index is 1.89. The molecule has 0 radical (unpaired) electrons. The van der Waals surface area contributed by atoms with Crippen LogP contribution in [0.15, 0.2) is 0 Å². The lowest BCUT2D eigenvalue weighted by Gasteiger charge is -2.14. The molecule has 1 saturated carbocycles. The van der Waals surface area contributed by atoms with Crippen LogP contribution in [0.2, 0.25) is 0 Å². The molecule has 3 unspecified atom stereocenters. The summed E-state index contributed by atoms with van der Waals surface area (Å²) in [6, 6.07) is 0. The van der Waals surface area contributed by atoms with Crippen molar-refractivity contribution < 1.29 is 19.1 Å². The number of hydrogen-bond donors (Lipinski definition) is 0. The summed E-state index contributed by atoms with van der Waals surface area (Å²) in [5.41, 5.74) is 0. The van der Waals surface area contributed by atoms with E-state index >= 15 is 0 Å². The van der Waals surface area contributed by atoms with Gasteiger partial charge in [-0.05, 0) is 12.8 Å². The van der Waals surface area contributed by atoms with Crippen LogP contribution < -0.4 is 0 Å². The summed E-state index contributed by atoms with van der Waals surface area (Å²) >= 11 is 0. The second-order valence-electron chi connectivity index (χ2n) is 4.04. The van der Waals surface area contributed by atoms with E-state index in [0.29, 0.717) is 18.9 Å². The lowest BCUT2D eigenvalue weighted by Crippen LogP contribution is -2.19. The molecule has 0 aromatic carbocycles. The molecular weight excluding hydrogens is 184 g/mol. The summed E-state index contributed by atoms with van der Waals surface area (Å²) in [6.45, 7) is 1.84. The minimum atomic E-state index is -0.251. The van der Waals surface area contributed by atoms with Crippen molar-refractivity contribution in [3.63, 3.8) is 0 Å². The Morgan fingerprint density at radius 1 is 1.57 bits per heavy atom. The molecule has 0 N–H and O–H groups in total. The normalized spacial score (nSPS) is 35.2. The number of fused-ring (bicyclic) bond motifs is 1. The number of carbonyl (C=O) groups is 2. The molecule has 0 amide bonds. The highest BCUT2D eigenvalue weighted by Crippen LogP contribution is 2.41. The summed E-state index contributed by atoms with van der Waals surface area (Å²) in [5.74, 6) is 0.239. The number of esters is 2. The zero-order chi connectivity index (χ0) is 10.1. The Labute approximate surface area is 82.6 Å². The van der Waals surface area contributed by atoms with Crippen molar-refractivity contribution in [2.45, 2.75) is 32.3 Å². The molecule has 78 valence electrons. The first-order chi connectivity index (χ1) is 6.66. The third-order valence-electron chi connectivity index (χ3n) is 3.09. The van der Waals surface area contributed by atoms with Crippen molar-refractivity contribution in [3.05, 3.63) is 0 Å². The molecule has 4 nitrogen and oxygen atoms in total. The molecule has 0 spiro atoms. The van der Waals surface area contributed by atoms with Gasteiger partial charge < -0.3 is 9.47 Å². The van der Waals surface area contributed by atoms with Gasteiger partial charge in [0.15, 0.2) is 0 Å². The molecule has 2 rings (SSSR count). The third-order valence-corrected chi connectivity index (χ3v) is 3.09. The first-order valence-electron chi connectivity index (χ1n) is 4.99. The van der Waals surface area contributed by atoms with Crippen LogP contribution in [0.1, 0.15) is 26.2 Å². The fourth-order valence-corrected chi connectivity index (χ4v) is 2.40. The summed E-state index contributed by atoms with van der Waals surface area (Å²) in [4.78, 5) is 21.6. The fourth-order valence-electron chi connectivity index (χ4n) is 2.40. The molecule has 1 aliphatic heterocycles. The van der Waals surface area contributed by atoms with Crippen molar-refractivity contribution in [2.75, 3.05) is 6.61 Å². The van der Waals surface area contributed by atoms with Crippen LogP contribution in [-0.2, 0) is 19.1 Å². The topological polar surface area (TPSA) is 52.6 Å². The van der Waals surface area contributed by atoms with Crippen molar-refractivity contribution >= 4 is 11.9 Å². The fraction of sp³-hybridized carbons (Fsp3) is 0.800. The van der Waals surface area contributed by atoms with Crippen molar-refractivity contribution in [1.82, 2.24) is 0 Å². The van der Waals surface area contributed by atoms with Gasteiger partial charge in [0, 0.05) is 18.8 Å². The Morgan fingerprint density at radius 2 is 2.36 bits per heavy atom. The second-order valence-corrected chi connectivity index (χ2v) is 4.04. The molecule has 3 atom stereocenters. The van der Waals surface area contributed by atoms with E-state index < -0.39 is 0 Å². The van der Waals surface area contributed by atoms with Crippen LogP contribution in [0.4, 0.5) is 0 Å². The van der Waals surface area contributed by atoms with Gasteiger partial charge >= 0.3 is 11.9 Å². The minimum absolute atomic E-state index is 0.0862. The summed E-state index contributed by atoms with van der Waals surface area (Å²) < 4.78 is 10.1. The minimum Gasteiger partial charge on any atom is -0.466 e. The largest absolute Gasteiger partial charge is 0.466 e. The molecule has 1 saturated heterocycles. The monoisotopic (exact) mass is 198 g/mol. The maximum absolute atomic E-state index is 11.0. The SMILES string of the molecule is CC(=O)OCC1CCC2OC(=O)CC12. The highest BCUT2D eigenvalue weighted by Gasteiger charge is 2.44. The lowest BCUT2D eigenvalue weighted by molar-refractivity contribution is -0.143. The van der Waals surface area contributed by atoms with Gasteiger partial charge in [-0.2, -0.15) is 0 Å². The number of carbonyl (C=O) groups excluding carboxylic acids is 2. The van der Waals surface area contributed by atoms with E-state index in [9.17, 15) is 9.59 Å². The van der Waals surface area contributed by atoms with Gasteiger partial charge in [-0.3, -0.25) is 9.59 Å². The van der Waals surface area contributed by atoms with Gasteiger partial charge in [0.25, 0.3) is 0 Å². The highest BCUT2D eigenvalue weighted by atomic mass is 16.6. The first-order valence-corrected chi connectivity index (χ1v) is 4.99. The summed E-state index contributed by atoms with van der Waals surface area (Å²) in [7, 11) is 0. The molecule has 2 fully saturated rings. The highest BCUT2D eigenvalue weighted by molar-refractivity contribution is 5.72. The van der Waals surface area contributed by atoms with E-state index in [1.54, 1.807) is 0 Å². The molecular formula is C10H14O4. The van der Waals surface area contributed by atoms with E-state index in [4.69, 9.17) is 9.47 Å². The Kier molecular flexibility index (Phi) is 2.44. The van der Waals surface area contributed by atoms with Crippen LogP contribution in [0.25, 0.3) is 0 Å². The average Bonchev–Trinajstić information content (AvgIpc) is 2.60. The molecule has 0 aromatic heterocycles. The molecule has 4 heteroatoms. The van der Waals surface area contributed by atoms with Gasteiger partial charge in [0.1, 0.15) is 6.10 Å². The Morgan fingerprint density at radius 3 is 3.07 bits per heavy atom. The van der Waals surface area contributed by atoms with Gasteiger partial charge in [-0.1, -0.05) is 0 Å². The Hall–Kier alpha value is -1.06. The predicted molar refractivity (Wildman–Crippen MR) is 47.3 cm³/mol. The maximum Gasteiger partial charge on any atom is 0.306 e. The van der Waals surface area contributed by atoms with E-state index in [-0.39, 0.29) is 24.0 Å². The van der Waals surface area contributed by atoms with E-state index in [1.807, 2.05) is 0 Å². The number of rotatable bonds is 2. The third kappa shape index (κ3) is 1.74. The van der Waals surface area contributed by atoms with Crippen LogP contribution in [0, 0.1) is 11.8 Å². The molecule has 1 aliphatic carbocycles. The molecule has 0 bridgehead atoms. The predicted octanol–water partition coefficient (Wildman–Crippen LogP) is 0.891. The summed E-state index contributed by atoms with van der Waals surface area (Å²) in [6.07, 6.45) is 2.50. The van der Waals surface area contributed by atoms with Gasteiger partial charge in [0.05, 0.1) is 13.0 Å². The molecule has 1 heterocycles. The lowest BCUT2D eigenvalue weighted by atomic mass is 9.94. The molecule has 0 aromatic rings. The van der Waals surface area contributed by atoms with E-state index in [2.05, 4.69) is 0 Å². The zero-order valence-corrected chi connectivity index (χ0v) is 8.19. The smallest absolute Gasteiger partial charge is 0.306 e. The standard InChI is InChI=1S/C10H14O4/c1-6(11)13-5-7-2-3-9-8(7)4-10(12)14-9/h7-9H,2-5H2,1H3. The van der Waals surface area contributed by atoms with E-state index in [1.165, 1.54) is 6.92 Å². The molecule has 14 heavy (non-hydrogen) atoms. The van der Waals surface area contributed by atoms with Crippen LogP contribution >= 0.6 is 0 Å². The van der Waals surface area contributed by atoms with Crippen molar-refractivity contribution in [1.29, 1.82) is 0 Å². The van der Waals surface area contributed by atoms with Gasteiger partial charge in [0.2, 0.25) is 0 Å².